The fraction of sp³-hybridized carbons (Fsp3) is 0.308. The molecule has 0 spiro atoms. The summed E-state index contributed by atoms with van der Waals surface area (Å²) in [5, 5.41) is 1.04. The molecule has 90 valence electrons. The van der Waals surface area contributed by atoms with Crippen LogP contribution in [0.2, 0.25) is 5.02 Å². The lowest BCUT2D eigenvalue weighted by Gasteiger charge is -2.21. The van der Waals surface area contributed by atoms with Gasteiger partial charge >= 0.3 is 0 Å². The van der Waals surface area contributed by atoms with Gasteiger partial charge in [0.2, 0.25) is 0 Å². The number of nitrogens with zero attached hydrogens (tertiary/aromatic N) is 1. The molecule has 1 heterocycles. The molecule has 0 aliphatic rings. The molecule has 0 bridgehead atoms. The first-order valence-electron chi connectivity index (χ1n) is 5.35. The Morgan fingerprint density at radius 2 is 1.88 bits per heavy atom. The number of anilines is 1. The van der Waals surface area contributed by atoms with Crippen LogP contribution in [0.3, 0.4) is 0 Å². The molecular weight excluding hydrogens is 239 g/mol. The van der Waals surface area contributed by atoms with Crippen molar-refractivity contribution < 1.29 is 4.39 Å². The van der Waals surface area contributed by atoms with Gasteiger partial charge in [-0.15, -0.1) is 0 Å². The van der Waals surface area contributed by atoms with Crippen molar-refractivity contribution >= 4 is 28.3 Å². The van der Waals surface area contributed by atoms with Crippen molar-refractivity contribution in [2.24, 2.45) is 0 Å². The van der Waals surface area contributed by atoms with Crippen LogP contribution >= 0.6 is 11.6 Å². The standard InChI is InChI=1S/C13H14ClFN2/c1-13(2,3)9-5-7-4-8(14)6-10(15)11(7)17-12(9)16/h4-6H,1-3H3,(H2,16,17). The second kappa shape index (κ2) is 3.84. The van der Waals surface area contributed by atoms with Crippen molar-refractivity contribution in [1.82, 2.24) is 4.98 Å². The predicted octanol–water partition coefficient (Wildman–Crippen LogP) is 3.91. The molecule has 0 amide bonds. The average molecular weight is 253 g/mol. The van der Waals surface area contributed by atoms with Gasteiger partial charge in [-0.05, 0) is 23.6 Å². The first kappa shape index (κ1) is 12.1. The zero-order valence-electron chi connectivity index (χ0n) is 10.0. The lowest BCUT2D eigenvalue weighted by Crippen LogP contribution is -2.15. The van der Waals surface area contributed by atoms with Crippen LogP contribution in [0.4, 0.5) is 10.2 Å². The van der Waals surface area contributed by atoms with E-state index in [4.69, 9.17) is 17.3 Å². The van der Waals surface area contributed by atoms with E-state index in [0.29, 0.717) is 16.2 Å². The topological polar surface area (TPSA) is 38.9 Å². The number of hydrogen-bond donors (Lipinski definition) is 1. The highest BCUT2D eigenvalue weighted by Gasteiger charge is 2.19. The third kappa shape index (κ3) is 2.20. The molecule has 4 heteroatoms. The fourth-order valence-electron chi connectivity index (χ4n) is 1.82. The van der Waals surface area contributed by atoms with Crippen LogP contribution in [0, 0.1) is 5.82 Å². The molecule has 0 aliphatic heterocycles. The van der Waals surface area contributed by atoms with Crippen molar-refractivity contribution in [1.29, 1.82) is 0 Å². The quantitative estimate of drug-likeness (QED) is 0.772. The Hall–Kier alpha value is -1.35. The molecule has 2 nitrogen and oxygen atoms in total. The molecule has 0 fully saturated rings. The van der Waals surface area contributed by atoms with Crippen LogP contribution < -0.4 is 5.73 Å². The number of nitrogens with two attached hydrogens (primary N) is 1. The van der Waals surface area contributed by atoms with Crippen LogP contribution in [-0.4, -0.2) is 4.98 Å². The molecule has 0 saturated heterocycles. The summed E-state index contributed by atoms with van der Waals surface area (Å²) >= 11 is 5.83. The summed E-state index contributed by atoms with van der Waals surface area (Å²) in [5.74, 6) is -0.0779. The Kier molecular flexibility index (Phi) is 2.74. The number of pyridine rings is 1. The molecule has 1 aromatic heterocycles. The number of benzene rings is 1. The molecule has 0 saturated carbocycles. The molecule has 0 radical (unpaired) electrons. The summed E-state index contributed by atoms with van der Waals surface area (Å²) in [5.41, 5.74) is 6.89. The molecule has 2 aromatic rings. The van der Waals surface area contributed by atoms with Crippen LogP contribution in [0.5, 0.6) is 0 Å². The van der Waals surface area contributed by atoms with E-state index < -0.39 is 5.82 Å². The van der Waals surface area contributed by atoms with Gasteiger partial charge < -0.3 is 5.73 Å². The van der Waals surface area contributed by atoms with Crippen molar-refractivity contribution in [3.05, 3.63) is 34.6 Å². The first-order chi connectivity index (χ1) is 7.79. The van der Waals surface area contributed by atoms with Gasteiger partial charge in [-0.2, -0.15) is 0 Å². The van der Waals surface area contributed by atoms with E-state index in [1.165, 1.54) is 6.07 Å². The number of rotatable bonds is 0. The highest BCUT2D eigenvalue weighted by Crippen LogP contribution is 2.31. The van der Waals surface area contributed by atoms with Gasteiger partial charge in [0.1, 0.15) is 11.3 Å². The molecular formula is C13H14ClFN2. The smallest absolute Gasteiger partial charge is 0.150 e. The minimum atomic E-state index is -0.445. The minimum Gasteiger partial charge on any atom is -0.383 e. The summed E-state index contributed by atoms with van der Waals surface area (Å²) in [7, 11) is 0. The van der Waals surface area contributed by atoms with E-state index in [0.717, 1.165) is 5.56 Å². The van der Waals surface area contributed by atoms with E-state index in [-0.39, 0.29) is 10.9 Å². The Morgan fingerprint density at radius 1 is 1.24 bits per heavy atom. The normalized spacial score (nSPS) is 12.1. The van der Waals surface area contributed by atoms with E-state index in [1.54, 1.807) is 6.07 Å². The molecule has 17 heavy (non-hydrogen) atoms. The number of halogens is 2. The third-order valence-corrected chi connectivity index (χ3v) is 2.89. The van der Waals surface area contributed by atoms with Crippen molar-refractivity contribution in [2.75, 3.05) is 5.73 Å². The van der Waals surface area contributed by atoms with Gasteiger partial charge in [0, 0.05) is 16.0 Å². The maximum atomic E-state index is 13.7. The summed E-state index contributed by atoms with van der Waals surface area (Å²) in [6, 6.07) is 4.79. The number of aromatic nitrogens is 1. The first-order valence-corrected chi connectivity index (χ1v) is 5.72. The second-order valence-electron chi connectivity index (χ2n) is 5.13. The molecule has 0 atom stereocenters. The largest absolute Gasteiger partial charge is 0.383 e. The molecule has 0 unspecified atom stereocenters. The SMILES string of the molecule is CC(C)(C)c1cc2cc(Cl)cc(F)c2nc1N. The van der Waals surface area contributed by atoms with Crippen molar-refractivity contribution in [3.63, 3.8) is 0 Å². The number of fused-ring (bicyclic) bond motifs is 1. The minimum absolute atomic E-state index is 0.135. The molecule has 0 aliphatic carbocycles. The van der Waals surface area contributed by atoms with E-state index >= 15 is 0 Å². The summed E-state index contributed by atoms with van der Waals surface area (Å²) in [4.78, 5) is 4.13. The van der Waals surface area contributed by atoms with Gasteiger partial charge in [-0.3, -0.25) is 0 Å². The van der Waals surface area contributed by atoms with Gasteiger partial charge in [-0.25, -0.2) is 9.37 Å². The number of hydrogen-bond acceptors (Lipinski definition) is 2. The molecule has 1 aromatic carbocycles. The number of nitrogen functional groups attached to an aromatic ring is 1. The van der Waals surface area contributed by atoms with E-state index in [1.807, 2.05) is 26.8 Å². The monoisotopic (exact) mass is 252 g/mol. The van der Waals surface area contributed by atoms with E-state index in [9.17, 15) is 4.39 Å². The molecule has 2 rings (SSSR count). The predicted molar refractivity (Wildman–Crippen MR) is 69.8 cm³/mol. The Morgan fingerprint density at radius 3 is 2.47 bits per heavy atom. The maximum absolute atomic E-state index is 13.7. The maximum Gasteiger partial charge on any atom is 0.150 e. The van der Waals surface area contributed by atoms with Gasteiger partial charge in [0.15, 0.2) is 5.82 Å². The van der Waals surface area contributed by atoms with Crippen LogP contribution in [0.25, 0.3) is 10.9 Å². The highest BCUT2D eigenvalue weighted by molar-refractivity contribution is 6.31. The second-order valence-corrected chi connectivity index (χ2v) is 5.57. The Labute approximate surface area is 105 Å². The van der Waals surface area contributed by atoms with Gasteiger partial charge in [0.25, 0.3) is 0 Å². The summed E-state index contributed by atoms with van der Waals surface area (Å²) in [6.45, 7) is 6.10. The zero-order chi connectivity index (χ0) is 12.8. The lowest BCUT2D eigenvalue weighted by atomic mass is 9.86. The lowest BCUT2D eigenvalue weighted by molar-refractivity contribution is 0.590. The summed E-state index contributed by atoms with van der Waals surface area (Å²) < 4.78 is 13.7. The Bertz CT molecular complexity index is 588. The average Bonchev–Trinajstić information content (AvgIpc) is 2.16. The van der Waals surface area contributed by atoms with E-state index in [2.05, 4.69) is 4.98 Å². The molecule has 2 N–H and O–H groups in total. The van der Waals surface area contributed by atoms with Gasteiger partial charge in [0.05, 0.1) is 0 Å². The van der Waals surface area contributed by atoms with Crippen molar-refractivity contribution in [2.45, 2.75) is 26.2 Å². The van der Waals surface area contributed by atoms with Crippen LogP contribution in [0.1, 0.15) is 26.3 Å². The fourth-order valence-corrected chi connectivity index (χ4v) is 2.04. The van der Waals surface area contributed by atoms with Crippen LogP contribution in [-0.2, 0) is 5.41 Å². The van der Waals surface area contributed by atoms with Crippen molar-refractivity contribution in [3.8, 4) is 0 Å². The summed E-state index contributed by atoms with van der Waals surface area (Å²) in [6.07, 6.45) is 0. The highest BCUT2D eigenvalue weighted by atomic mass is 35.5. The van der Waals surface area contributed by atoms with Crippen LogP contribution in [0.15, 0.2) is 18.2 Å². The van der Waals surface area contributed by atoms with Gasteiger partial charge in [-0.1, -0.05) is 32.4 Å². The zero-order valence-corrected chi connectivity index (χ0v) is 10.8. The Balaban J connectivity index is 2.81. The third-order valence-electron chi connectivity index (χ3n) is 2.67.